The fraction of sp³-hybridized carbons (Fsp3) is 0.600. The minimum absolute atomic E-state index is 0.127. The number of hydrogen-bond acceptors (Lipinski definition) is 4. The van der Waals surface area contributed by atoms with Gasteiger partial charge in [0.25, 0.3) is 0 Å². The van der Waals surface area contributed by atoms with Crippen molar-refractivity contribution in [3.05, 3.63) is 11.7 Å². The molecule has 4 nitrogen and oxygen atoms in total. The van der Waals surface area contributed by atoms with Gasteiger partial charge in [-0.15, -0.1) is 12.3 Å². The topological polar surface area (TPSA) is 64.9 Å². The van der Waals surface area contributed by atoms with Gasteiger partial charge >= 0.3 is 0 Å². The molecule has 2 N–H and O–H groups in total. The van der Waals surface area contributed by atoms with Crippen LogP contribution in [0.1, 0.15) is 44.9 Å². The monoisotopic (exact) mass is 193 g/mol. The highest BCUT2D eigenvalue weighted by molar-refractivity contribution is 5.03. The van der Waals surface area contributed by atoms with Gasteiger partial charge in [-0.25, -0.2) is 0 Å². The van der Waals surface area contributed by atoms with Crippen LogP contribution < -0.4 is 5.73 Å². The van der Waals surface area contributed by atoms with Gasteiger partial charge < -0.3 is 10.3 Å². The number of rotatable bonds is 2. The van der Waals surface area contributed by atoms with Gasteiger partial charge in [0.15, 0.2) is 5.82 Å². The standard InChI is InChI=1S/C10H15N3O/c1-5-6-7(11)8-12-9(13-14-8)10(2,3)4/h1,7H,6,11H2,2-4H3. The van der Waals surface area contributed by atoms with Gasteiger partial charge in [0.2, 0.25) is 5.89 Å². The fourth-order valence-corrected chi connectivity index (χ4v) is 0.905. The van der Waals surface area contributed by atoms with E-state index in [0.717, 1.165) is 0 Å². The van der Waals surface area contributed by atoms with Crippen molar-refractivity contribution in [1.29, 1.82) is 0 Å². The van der Waals surface area contributed by atoms with Crippen molar-refractivity contribution in [2.45, 2.75) is 38.6 Å². The summed E-state index contributed by atoms with van der Waals surface area (Å²) in [5.41, 5.74) is 5.60. The minimum atomic E-state index is -0.358. The van der Waals surface area contributed by atoms with E-state index in [-0.39, 0.29) is 11.5 Å². The summed E-state index contributed by atoms with van der Waals surface area (Å²) < 4.78 is 5.02. The van der Waals surface area contributed by atoms with Gasteiger partial charge in [0.1, 0.15) is 0 Å². The SMILES string of the molecule is C#CCC(N)c1nc(C(C)(C)C)no1. The smallest absolute Gasteiger partial charge is 0.244 e. The molecule has 1 heterocycles. The quantitative estimate of drug-likeness (QED) is 0.721. The summed E-state index contributed by atoms with van der Waals surface area (Å²) in [6.07, 6.45) is 5.55. The highest BCUT2D eigenvalue weighted by atomic mass is 16.5. The Morgan fingerprint density at radius 1 is 1.57 bits per heavy atom. The molecule has 1 aromatic heterocycles. The summed E-state index contributed by atoms with van der Waals surface area (Å²) in [5.74, 6) is 3.52. The highest BCUT2D eigenvalue weighted by Crippen LogP contribution is 2.20. The van der Waals surface area contributed by atoms with Crippen molar-refractivity contribution in [2.75, 3.05) is 0 Å². The second kappa shape index (κ2) is 3.81. The summed E-state index contributed by atoms with van der Waals surface area (Å²) in [6, 6.07) is -0.358. The predicted octanol–water partition coefficient (Wildman–Crippen LogP) is 1.39. The Morgan fingerprint density at radius 2 is 2.21 bits per heavy atom. The van der Waals surface area contributed by atoms with Gasteiger partial charge in [-0.3, -0.25) is 0 Å². The van der Waals surface area contributed by atoms with Crippen LogP contribution in [0.15, 0.2) is 4.52 Å². The number of terminal acetylenes is 1. The third kappa shape index (κ3) is 2.33. The molecule has 0 saturated carbocycles. The Balaban J connectivity index is 2.84. The first kappa shape index (κ1) is 10.7. The van der Waals surface area contributed by atoms with Crippen LogP contribution in [0.3, 0.4) is 0 Å². The maximum Gasteiger partial charge on any atom is 0.244 e. The van der Waals surface area contributed by atoms with Crippen LogP contribution in [0.25, 0.3) is 0 Å². The molecule has 0 saturated heterocycles. The number of nitrogens with two attached hydrogens (primary N) is 1. The molecule has 76 valence electrons. The van der Waals surface area contributed by atoms with Crippen LogP contribution in [-0.4, -0.2) is 10.1 Å². The molecule has 0 aromatic carbocycles. The molecule has 0 bridgehead atoms. The lowest BCUT2D eigenvalue weighted by molar-refractivity contribution is 0.345. The van der Waals surface area contributed by atoms with E-state index < -0.39 is 0 Å². The molecule has 0 aliphatic rings. The van der Waals surface area contributed by atoms with E-state index >= 15 is 0 Å². The second-order valence-corrected chi connectivity index (χ2v) is 4.22. The van der Waals surface area contributed by atoms with Gasteiger partial charge in [-0.2, -0.15) is 4.98 Å². The average Bonchev–Trinajstić information content (AvgIpc) is 2.51. The fourth-order valence-electron chi connectivity index (χ4n) is 0.905. The zero-order valence-corrected chi connectivity index (χ0v) is 8.74. The Kier molecular flexibility index (Phi) is 2.92. The molecule has 1 rings (SSSR count). The van der Waals surface area contributed by atoms with Crippen LogP contribution in [-0.2, 0) is 5.41 Å². The van der Waals surface area contributed by atoms with E-state index in [9.17, 15) is 0 Å². The molecule has 0 amide bonds. The first-order chi connectivity index (χ1) is 6.45. The third-order valence-electron chi connectivity index (χ3n) is 1.77. The summed E-state index contributed by atoms with van der Waals surface area (Å²) in [7, 11) is 0. The first-order valence-corrected chi connectivity index (χ1v) is 4.48. The van der Waals surface area contributed by atoms with Gasteiger partial charge in [0, 0.05) is 11.8 Å². The van der Waals surface area contributed by atoms with Crippen molar-refractivity contribution >= 4 is 0 Å². The number of hydrogen-bond donors (Lipinski definition) is 1. The van der Waals surface area contributed by atoms with E-state index in [2.05, 4.69) is 16.1 Å². The normalized spacial score (nSPS) is 13.6. The van der Waals surface area contributed by atoms with Crippen molar-refractivity contribution < 1.29 is 4.52 Å². The van der Waals surface area contributed by atoms with Crippen molar-refractivity contribution in [3.8, 4) is 12.3 Å². The molecule has 0 spiro atoms. The molecule has 1 atom stereocenters. The Labute approximate surface area is 83.9 Å². The van der Waals surface area contributed by atoms with E-state index in [1.54, 1.807) is 0 Å². The van der Waals surface area contributed by atoms with E-state index in [1.807, 2.05) is 20.8 Å². The van der Waals surface area contributed by atoms with Crippen molar-refractivity contribution in [1.82, 2.24) is 10.1 Å². The molecule has 0 fully saturated rings. The molecule has 0 radical (unpaired) electrons. The van der Waals surface area contributed by atoms with E-state index in [4.69, 9.17) is 16.7 Å². The van der Waals surface area contributed by atoms with E-state index in [0.29, 0.717) is 18.1 Å². The van der Waals surface area contributed by atoms with Crippen LogP contribution in [0.4, 0.5) is 0 Å². The Hall–Kier alpha value is -1.34. The zero-order valence-electron chi connectivity index (χ0n) is 8.74. The summed E-state index contributed by atoms with van der Waals surface area (Å²) in [5, 5.41) is 3.86. The lowest BCUT2D eigenvalue weighted by Gasteiger charge is -2.11. The Bertz CT molecular complexity index is 343. The van der Waals surface area contributed by atoms with Gasteiger partial charge in [-0.1, -0.05) is 25.9 Å². The van der Waals surface area contributed by atoms with Crippen molar-refractivity contribution in [2.24, 2.45) is 5.73 Å². The molecule has 0 aliphatic heterocycles. The second-order valence-electron chi connectivity index (χ2n) is 4.22. The molecule has 4 heteroatoms. The highest BCUT2D eigenvalue weighted by Gasteiger charge is 2.22. The van der Waals surface area contributed by atoms with Crippen molar-refractivity contribution in [3.63, 3.8) is 0 Å². The zero-order chi connectivity index (χ0) is 10.8. The molecule has 0 aliphatic carbocycles. The van der Waals surface area contributed by atoms with Crippen LogP contribution in [0.2, 0.25) is 0 Å². The molecule has 1 aromatic rings. The van der Waals surface area contributed by atoms with Crippen LogP contribution in [0.5, 0.6) is 0 Å². The molecule has 14 heavy (non-hydrogen) atoms. The first-order valence-electron chi connectivity index (χ1n) is 4.48. The molecule has 1 unspecified atom stereocenters. The van der Waals surface area contributed by atoms with Gasteiger partial charge in [-0.05, 0) is 0 Å². The van der Waals surface area contributed by atoms with Crippen LogP contribution in [0, 0.1) is 12.3 Å². The van der Waals surface area contributed by atoms with Gasteiger partial charge in [0.05, 0.1) is 6.04 Å². The summed E-state index contributed by atoms with van der Waals surface area (Å²) in [4.78, 5) is 4.20. The molecular weight excluding hydrogens is 178 g/mol. The minimum Gasteiger partial charge on any atom is -0.338 e. The average molecular weight is 193 g/mol. The number of aromatic nitrogens is 2. The maximum absolute atomic E-state index is 5.72. The maximum atomic E-state index is 5.72. The van der Waals surface area contributed by atoms with Crippen LogP contribution >= 0.6 is 0 Å². The molecular formula is C10H15N3O. The lowest BCUT2D eigenvalue weighted by atomic mass is 9.96. The summed E-state index contributed by atoms with van der Waals surface area (Å²) in [6.45, 7) is 6.02. The van der Waals surface area contributed by atoms with E-state index in [1.165, 1.54) is 0 Å². The Morgan fingerprint density at radius 3 is 2.64 bits per heavy atom. The number of nitrogens with zero attached hydrogens (tertiary/aromatic N) is 2. The third-order valence-corrected chi connectivity index (χ3v) is 1.77. The lowest BCUT2D eigenvalue weighted by Crippen LogP contribution is -2.14. The largest absolute Gasteiger partial charge is 0.338 e. The predicted molar refractivity (Wildman–Crippen MR) is 53.4 cm³/mol. The summed E-state index contributed by atoms with van der Waals surface area (Å²) >= 11 is 0.